The molecule has 2 aromatic rings. The van der Waals surface area contributed by atoms with E-state index in [9.17, 15) is 4.79 Å². The number of aromatic amines is 1. The number of aryl methyl sites for hydroxylation is 1. The number of H-pyrrole nitrogens is 1. The molecule has 1 aliphatic rings. The summed E-state index contributed by atoms with van der Waals surface area (Å²) in [6.45, 7) is 6.53. The largest absolute Gasteiger partial charge is 0.373 e. The van der Waals surface area contributed by atoms with Crippen LogP contribution in [0.25, 0.3) is 11.4 Å². The van der Waals surface area contributed by atoms with E-state index in [4.69, 9.17) is 4.74 Å². The zero-order valence-electron chi connectivity index (χ0n) is 13.0. The van der Waals surface area contributed by atoms with E-state index in [0.717, 1.165) is 17.8 Å². The number of nitrogens with one attached hydrogen (secondary N) is 2. The molecule has 1 saturated heterocycles. The molecule has 1 fully saturated rings. The Labute approximate surface area is 129 Å². The summed E-state index contributed by atoms with van der Waals surface area (Å²) in [6.07, 6.45) is 0.841. The van der Waals surface area contributed by atoms with Crippen LogP contribution in [-0.4, -0.2) is 39.3 Å². The Morgan fingerprint density at radius 3 is 2.64 bits per heavy atom. The fourth-order valence-electron chi connectivity index (χ4n) is 2.62. The van der Waals surface area contributed by atoms with Gasteiger partial charge in [0.1, 0.15) is 5.82 Å². The van der Waals surface area contributed by atoms with Crippen molar-refractivity contribution >= 4 is 5.91 Å². The molecule has 0 spiro atoms. The second-order valence-electron chi connectivity index (χ2n) is 6.09. The summed E-state index contributed by atoms with van der Waals surface area (Å²) in [5.41, 5.74) is 1.19. The molecule has 1 aliphatic heterocycles. The van der Waals surface area contributed by atoms with E-state index in [1.54, 1.807) is 12.1 Å². The van der Waals surface area contributed by atoms with Crippen molar-refractivity contribution in [1.29, 1.82) is 0 Å². The third-order valence-corrected chi connectivity index (χ3v) is 4.03. The highest BCUT2D eigenvalue weighted by molar-refractivity contribution is 5.94. The van der Waals surface area contributed by atoms with Crippen molar-refractivity contribution < 1.29 is 9.53 Å². The van der Waals surface area contributed by atoms with Crippen LogP contribution in [0, 0.1) is 6.92 Å². The quantitative estimate of drug-likeness (QED) is 0.909. The third-order valence-electron chi connectivity index (χ3n) is 4.03. The average molecular weight is 300 g/mol. The van der Waals surface area contributed by atoms with Crippen molar-refractivity contribution in [2.45, 2.75) is 38.8 Å². The monoisotopic (exact) mass is 300 g/mol. The van der Waals surface area contributed by atoms with Gasteiger partial charge in [0.2, 0.25) is 0 Å². The number of rotatable bonds is 3. The topological polar surface area (TPSA) is 79.9 Å². The second kappa shape index (κ2) is 5.53. The van der Waals surface area contributed by atoms with Crippen molar-refractivity contribution in [3.05, 3.63) is 35.7 Å². The number of amides is 1. The highest BCUT2D eigenvalue weighted by Crippen LogP contribution is 2.25. The first-order chi connectivity index (χ1) is 10.5. The Kier molecular flexibility index (Phi) is 3.70. The van der Waals surface area contributed by atoms with E-state index >= 15 is 0 Å². The molecule has 0 saturated carbocycles. The molecule has 1 aromatic heterocycles. The number of nitrogens with zero attached hydrogens (tertiary/aromatic N) is 2. The van der Waals surface area contributed by atoms with Crippen LogP contribution in [0.3, 0.4) is 0 Å². The molecule has 0 aliphatic carbocycles. The van der Waals surface area contributed by atoms with Gasteiger partial charge in [0.25, 0.3) is 5.91 Å². The molecule has 22 heavy (non-hydrogen) atoms. The lowest BCUT2D eigenvalue weighted by molar-refractivity contribution is 0.0213. The van der Waals surface area contributed by atoms with Crippen LogP contribution in [-0.2, 0) is 4.74 Å². The number of carbonyl (C=O) groups is 1. The lowest BCUT2D eigenvalue weighted by atomic mass is 9.98. The smallest absolute Gasteiger partial charge is 0.251 e. The molecule has 2 heterocycles. The maximum absolute atomic E-state index is 12.3. The predicted molar refractivity (Wildman–Crippen MR) is 82.5 cm³/mol. The summed E-state index contributed by atoms with van der Waals surface area (Å²) in [5.74, 6) is 1.32. The van der Waals surface area contributed by atoms with E-state index in [0.29, 0.717) is 18.0 Å². The molecular weight excluding hydrogens is 280 g/mol. The summed E-state index contributed by atoms with van der Waals surface area (Å²) >= 11 is 0. The minimum absolute atomic E-state index is 0.0373. The van der Waals surface area contributed by atoms with E-state index in [2.05, 4.69) is 20.5 Å². The van der Waals surface area contributed by atoms with Crippen molar-refractivity contribution in [3.8, 4) is 11.4 Å². The first kappa shape index (κ1) is 14.7. The van der Waals surface area contributed by atoms with Crippen molar-refractivity contribution in [2.75, 3.05) is 6.61 Å². The fraction of sp³-hybridized carbons (Fsp3) is 0.438. The summed E-state index contributed by atoms with van der Waals surface area (Å²) in [4.78, 5) is 16.6. The number of benzene rings is 1. The number of hydrogen-bond donors (Lipinski definition) is 2. The van der Waals surface area contributed by atoms with Crippen LogP contribution in [0.5, 0.6) is 0 Å². The van der Waals surface area contributed by atoms with Crippen LogP contribution in [0.1, 0.15) is 36.5 Å². The van der Waals surface area contributed by atoms with Gasteiger partial charge in [-0.15, -0.1) is 0 Å². The first-order valence-electron chi connectivity index (χ1n) is 7.40. The first-order valence-corrected chi connectivity index (χ1v) is 7.40. The van der Waals surface area contributed by atoms with Crippen LogP contribution < -0.4 is 5.32 Å². The van der Waals surface area contributed by atoms with Gasteiger partial charge in [0.15, 0.2) is 5.82 Å². The minimum Gasteiger partial charge on any atom is -0.373 e. The maximum Gasteiger partial charge on any atom is 0.251 e. The maximum atomic E-state index is 12.3. The highest BCUT2D eigenvalue weighted by Gasteiger charge is 2.36. The predicted octanol–water partition coefficient (Wildman–Crippen LogP) is 2.08. The van der Waals surface area contributed by atoms with E-state index in [1.165, 1.54) is 0 Å². The lowest BCUT2D eigenvalue weighted by Crippen LogP contribution is -2.46. The third kappa shape index (κ3) is 2.87. The second-order valence-corrected chi connectivity index (χ2v) is 6.09. The molecule has 1 unspecified atom stereocenters. The molecule has 3 rings (SSSR count). The number of ether oxygens (including phenoxy) is 1. The number of carbonyl (C=O) groups excluding carboxylic acids is 1. The molecule has 1 amide bonds. The van der Waals surface area contributed by atoms with Gasteiger partial charge in [-0.1, -0.05) is 12.1 Å². The van der Waals surface area contributed by atoms with E-state index in [1.807, 2.05) is 32.9 Å². The van der Waals surface area contributed by atoms with Gasteiger partial charge < -0.3 is 10.1 Å². The molecule has 116 valence electrons. The van der Waals surface area contributed by atoms with Gasteiger partial charge in [0.05, 0.1) is 11.6 Å². The van der Waals surface area contributed by atoms with Gasteiger partial charge in [-0.05, 0) is 39.3 Å². The summed E-state index contributed by atoms with van der Waals surface area (Å²) in [7, 11) is 0. The molecule has 6 heteroatoms. The van der Waals surface area contributed by atoms with Crippen LogP contribution in [0.4, 0.5) is 0 Å². The fourth-order valence-corrected chi connectivity index (χ4v) is 2.62. The standard InChI is InChI=1S/C16H20N4O2/c1-10-17-14(20-19-10)11-4-6-12(7-5-11)15(21)18-13-8-9-22-16(13,2)3/h4-7,13H,8-9H2,1-3H3,(H,18,21)(H,17,19,20). The van der Waals surface area contributed by atoms with Crippen LogP contribution in [0.2, 0.25) is 0 Å². The van der Waals surface area contributed by atoms with Gasteiger partial charge in [0, 0.05) is 17.7 Å². The zero-order valence-corrected chi connectivity index (χ0v) is 13.0. The molecule has 0 bridgehead atoms. The van der Waals surface area contributed by atoms with Crippen LogP contribution >= 0.6 is 0 Å². The summed E-state index contributed by atoms with van der Waals surface area (Å²) in [6, 6.07) is 7.33. The molecule has 1 atom stereocenters. The van der Waals surface area contributed by atoms with Gasteiger partial charge in [-0.25, -0.2) is 4.98 Å². The Morgan fingerprint density at radius 2 is 2.09 bits per heavy atom. The number of hydrogen-bond acceptors (Lipinski definition) is 4. The van der Waals surface area contributed by atoms with E-state index < -0.39 is 0 Å². The van der Waals surface area contributed by atoms with Gasteiger partial charge >= 0.3 is 0 Å². The normalized spacial score (nSPS) is 20.0. The Bertz CT molecular complexity index is 676. The molecular formula is C16H20N4O2. The Balaban J connectivity index is 1.71. The summed E-state index contributed by atoms with van der Waals surface area (Å²) < 4.78 is 5.63. The Hall–Kier alpha value is -2.21. The van der Waals surface area contributed by atoms with E-state index in [-0.39, 0.29) is 17.6 Å². The average Bonchev–Trinajstić information content (AvgIpc) is 3.05. The molecule has 0 radical (unpaired) electrons. The van der Waals surface area contributed by atoms with Gasteiger partial charge in [-0.3, -0.25) is 9.89 Å². The molecule has 6 nitrogen and oxygen atoms in total. The van der Waals surface area contributed by atoms with Crippen molar-refractivity contribution in [2.24, 2.45) is 0 Å². The highest BCUT2D eigenvalue weighted by atomic mass is 16.5. The van der Waals surface area contributed by atoms with Crippen molar-refractivity contribution in [1.82, 2.24) is 20.5 Å². The molecule has 1 aromatic carbocycles. The number of aromatic nitrogens is 3. The Morgan fingerprint density at radius 1 is 1.36 bits per heavy atom. The minimum atomic E-state index is -0.313. The van der Waals surface area contributed by atoms with Crippen molar-refractivity contribution in [3.63, 3.8) is 0 Å². The van der Waals surface area contributed by atoms with Gasteiger partial charge in [-0.2, -0.15) is 5.10 Å². The lowest BCUT2D eigenvalue weighted by Gasteiger charge is -2.26. The summed E-state index contributed by atoms with van der Waals surface area (Å²) in [5, 5.41) is 9.96. The zero-order chi connectivity index (χ0) is 15.7. The SMILES string of the molecule is Cc1nc(-c2ccc(C(=O)NC3CCOC3(C)C)cc2)n[nH]1. The van der Waals surface area contributed by atoms with Crippen LogP contribution in [0.15, 0.2) is 24.3 Å². The molecule has 2 N–H and O–H groups in total.